The zero-order valence-corrected chi connectivity index (χ0v) is 70.1. The number of hydrogen-bond acceptors (Lipinski definition) is 0. The summed E-state index contributed by atoms with van der Waals surface area (Å²) in [4.78, 5) is 0. The maximum absolute atomic E-state index is 2.41. The molecule has 8 heterocycles. The van der Waals surface area contributed by atoms with Crippen LogP contribution in [0.1, 0.15) is 16.7 Å². The Hall–Kier alpha value is -16.4. The molecule has 27 rings (SSSR count). The van der Waals surface area contributed by atoms with Gasteiger partial charge in [0.05, 0.1) is 82.8 Å². The maximum Gasteiger partial charge on any atom is 0.0562 e. The highest BCUT2D eigenvalue weighted by atomic mass is 15.0. The highest BCUT2D eigenvalue weighted by Crippen LogP contribution is 2.46. The fourth-order valence-electron chi connectivity index (χ4n) is 20.3. The molecule has 0 aliphatic heterocycles. The maximum atomic E-state index is 2.41. The zero-order valence-electron chi connectivity index (χ0n) is 70.1. The average Bonchev–Trinajstić information content (AvgIpc) is 1.57. The summed E-state index contributed by atoms with van der Waals surface area (Å²) in [7, 11) is 2.16. The molecule has 0 atom stereocenters. The molecule has 126 heavy (non-hydrogen) atoms. The largest absolute Gasteiger partial charge is 0.344 e. The van der Waals surface area contributed by atoms with Crippen LogP contribution in [0.2, 0.25) is 0 Å². The summed E-state index contributed by atoms with van der Waals surface area (Å²) in [6.45, 7) is 6.43. The molecule has 27 aromatic rings. The number of fused-ring (bicyclic) bond motifs is 24. The van der Waals surface area contributed by atoms with Crippen LogP contribution >= 0.6 is 0 Å². The van der Waals surface area contributed by atoms with Gasteiger partial charge < -0.3 is 36.5 Å². The van der Waals surface area contributed by atoms with Crippen LogP contribution in [0.15, 0.2) is 437 Å². The second-order valence-electron chi connectivity index (χ2n) is 33.4. The van der Waals surface area contributed by atoms with E-state index in [1.54, 1.807) is 0 Å². The van der Waals surface area contributed by atoms with Crippen molar-refractivity contribution in [2.24, 2.45) is 7.05 Å². The molecule has 0 radical (unpaired) electrons. The van der Waals surface area contributed by atoms with Gasteiger partial charge in [-0.25, -0.2) is 0 Å². The normalized spacial score (nSPS) is 11.8. The van der Waals surface area contributed by atoms with Gasteiger partial charge in [0.25, 0.3) is 0 Å². The molecule has 0 aliphatic carbocycles. The Bertz CT molecular complexity index is 8960. The first-order chi connectivity index (χ1) is 62.2. The minimum atomic E-state index is 1.18. The fraction of sp³-hybridized carbons (Fsp3) is 0.0339. The van der Waals surface area contributed by atoms with Crippen LogP contribution in [-0.4, -0.2) is 36.5 Å². The first-order valence-corrected chi connectivity index (χ1v) is 43.4. The smallest absolute Gasteiger partial charge is 0.0562 e. The summed E-state index contributed by atoms with van der Waals surface area (Å²) < 4.78 is 19.1. The van der Waals surface area contributed by atoms with E-state index in [4.69, 9.17) is 0 Å². The lowest BCUT2D eigenvalue weighted by Gasteiger charge is -2.10. The second-order valence-corrected chi connectivity index (χ2v) is 33.4. The Morgan fingerprint density at radius 1 is 0.119 bits per heavy atom. The van der Waals surface area contributed by atoms with Crippen molar-refractivity contribution < 1.29 is 0 Å². The van der Waals surface area contributed by atoms with E-state index in [2.05, 4.69) is 501 Å². The van der Waals surface area contributed by atoms with E-state index in [1.807, 2.05) is 0 Å². The molecule has 0 saturated heterocycles. The Kier molecular flexibility index (Phi) is 17.3. The summed E-state index contributed by atoms with van der Waals surface area (Å²) in [6.07, 6.45) is 0. The topological polar surface area (TPSA) is 39.4 Å². The third kappa shape index (κ3) is 11.8. The number of para-hydroxylation sites is 12. The van der Waals surface area contributed by atoms with Gasteiger partial charge in [0.2, 0.25) is 0 Å². The molecule has 0 N–H and O–H groups in total. The Morgan fingerprint density at radius 3 is 0.595 bits per heavy atom. The number of aromatic nitrogens is 8. The Morgan fingerprint density at radius 2 is 0.317 bits per heavy atom. The quantitative estimate of drug-likeness (QED) is 0.153. The molecule has 8 aromatic heterocycles. The molecular formula is C118H84N8. The van der Waals surface area contributed by atoms with Crippen LogP contribution in [0.5, 0.6) is 0 Å². The summed E-state index contributed by atoms with van der Waals surface area (Å²) in [5.41, 5.74) is 32.0. The molecule has 19 aromatic carbocycles. The minimum absolute atomic E-state index is 1.18. The predicted molar refractivity (Wildman–Crippen MR) is 534 cm³/mol. The third-order valence-corrected chi connectivity index (χ3v) is 26.0. The SMILES string of the molecule is Cc1ccc(-n2c3ccccc3c3cc4c(cc32)c2ccccc2n4-c2ccccc2)cc1.Cc1ccc(-n2c3ccccc3c3cc4c5ccccc5n(-c5ccccc5)c4cc32)cc1.Cc1cccc(-n2c3ccccc3c3cc4c5ccccc5n(-c5ccccc5)c4cc32)c1.Cn1c2ccccc2c2cc3c4ccccc4n(-c4ccccc4)c3cc21. The summed E-state index contributed by atoms with van der Waals surface area (Å²) >= 11 is 0. The van der Waals surface area contributed by atoms with E-state index in [-0.39, 0.29) is 0 Å². The van der Waals surface area contributed by atoms with Crippen molar-refractivity contribution in [1.82, 2.24) is 36.5 Å². The number of benzene rings is 19. The second kappa shape index (κ2) is 29.7. The van der Waals surface area contributed by atoms with Crippen molar-refractivity contribution in [3.63, 3.8) is 0 Å². The number of nitrogens with zero attached hydrogens (tertiary/aromatic N) is 8. The van der Waals surface area contributed by atoms with Gasteiger partial charge in [0.15, 0.2) is 0 Å². The first kappa shape index (κ1) is 73.5. The van der Waals surface area contributed by atoms with Crippen molar-refractivity contribution in [3.8, 4) is 39.8 Å². The highest BCUT2D eigenvalue weighted by Gasteiger charge is 2.24. The zero-order chi connectivity index (χ0) is 83.8. The lowest BCUT2D eigenvalue weighted by Crippen LogP contribution is -1.96. The number of aryl methyl sites for hydroxylation is 4. The molecule has 596 valence electrons. The van der Waals surface area contributed by atoms with Crippen LogP contribution in [0.25, 0.3) is 214 Å². The van der Waals surface area contributed by atoms with Crippen molar-refractivity contribution >= 4 is 174 Å². The average molecular weight is 1610 g/mol. The van der Waals surface area contributed by atoms with Gasteiger partial charge in [-0.05, 0) is 208 Å². The first-order valence-electron chi connectivity index (χ1n) is 43.4. The van der Waals surface area contributed by atoms with Crippen LogP contribution in [0.4, 0.5) is 0 Å². The van der Waals surface area contributed by atoms with Crippen LogP contribution in [-0.2, 0) is 7.05 Å². The highest BCUT2D eigenvalue weighted by molar-refractivity contribution is 6.24. The minimum Gasteiger partial charge on any atom is -0.344 e. The van der Waals surface area contributed by atoms with Gasteiger partial charge in [0, 0.05) is 139 Å². The van der Waals surface area contributed by atoms with Gasteiger partial charge in [-0.1, -0.05) is 266 Å². The summed E-state index contributed by atoms with van der Waals surface area (Å²) in [5, 5.41) is 20.6. The molecule has 0 fully saturated rings. The molecule has 0 unspecified atom stereocenters. The van der Waals surface area contributed by atoms with Crippen molar-refractivity contribution in [1.29, 1.82) is 0 Å². The molecule has 8 nitrogen and oxygen atoms in total. The fourth-order valence-corrected chi connectivity index (χ4v) is 20.3. The van der Waals surface area contributed by atoms with E-state index in [1.165, 1.54) is 231 Å². The van der Waals surface area contributed by atoms with E-state index < -0.39 is 0 Å². The molecule has 0 bridgehead atoms. The third-order valence-electron chi connectivity index (χ3n) is 26.0. The van der Waals surface area contributed by atoms with Crippen LogP contribution in [0, 0.1) is 20.8 Å². The molecule has 0 amide bonds. The number of rotatable bonds is 7. The van der Waals surface area contributed by atoms with E-state index in [0.29, 0.717) is 0 Å². The van der Waals surface area contributed by atoms with Gasteiger partial charge in [0.1, 0.15) is 0 Å². The number of hydrogen-bond donors (Lipinski definition) is 0. The van der Waals surface area contributed by atoms with E-state index in [9.17, 15) is 0 Å². The predicted octanol–water partition coefficient (Wildman–Crippen LogP) is 31.0. The van der Waals surface area contributed by atoms with Crippen LogP contribution < -0.4 is 0 Å². The van der Waals surface area contributed by atoms with E-state index in [0.717, 1.165) is 0 Å². The lowest BCUT2D eigenvalue weighted by molar-refractivity contribution is 1.01. The molecule has 0 saturated carbocycles. The summed E-state index contributed by atoms with van der Waals surface area (Å²) in [5.74, 6) is 0. The van der Waals surface area contributed by atoms with Gasteiger partial charge in [-0.15, -0.1) is 0 Å². The molecule has 0 spiro atoms. The van der Waals surface area contributed by atoms with Crippen molar-refractivity contribution in [3.05, 3.63) is 453 Å². The van der Waals surface area contributed by atoms with Gasteiger partial charge in [-0.3, -0.25) is 0 Å². The molecular weight excluding hydrogens is 1530 g/mol. The Labute approximate surface area is 727 Å². The molecule has 0 aliphatic rings. The van der Waals surface area contributed by atoms with Gasteiger partial charge in [-0.2, -0.15) is 0 Å². The monoisotopic (exact) mass is 1610 g/mol. The van der Waals surface area contributed by atoms with E-state index >= 15 is 0 Å². The van der Waals surface area contributed by atoms with Gasteiger partial charge >= 0.3 is 0 Å². The lowest BCUT2D eigenvalue weighted by atomic mass is 10.1. The van der Waals surface area contributed by atoms with Crippen LogP contribution in [0.3, 0.4) is 0 Å². The van der Waals surface area contributed by atoms with Crippen molar-refractivity contribution in [2.75, 3.05) is 0 Å². The Balaban J connectivity index is 0.0000000942. The standard InChI is InChI=1S/3C31H22N2.C25H18N2/c1-21-10-9-13-23(18-21)33-29-17-8-6-15-25(29)27-19-26-24-14-5-7-16-28(24)32(30(26)20-31(27)33)22-11-3-2-4-12-22;1-21-15-17-23(18-16-21)33-29-14-8-6-12-25(29)27-19-30-26(20-31(27)33)24-11-5-7-13-28(24)32(30)22-9-3-2-4-10-22;1-21-15-17-23(18-16-21)33-29-14-8-6-12-25(29)27-19-26-24-11-5-7-13-28(24)32(30(26)20-31(27)33)22-9-3-2-4-10-22;1-26-22-13-7-5-11-18(22)20-15-21-19-12-6-8-14-23(19)27(25(21)16-24(20)26)17-9-3-2-4-10-17/h3*2-20H,1H3;2-16H,1H3. The molecule has 8 heteroatoms. The van der Waals surface area contributed by atoms with Crippen molar-refractivity contribution in [2.45, 2.75) is 20.8 Å². The summed E-state index contributed by atoms with van der Waals surface area (Å²) in [6, 6.07) is 158.